The molecule has 3 rings (SSSR count). The molecule has 0 saturated carbocycles. The number of thiophene rings is 1. The molecule has 0 N–H and O–H groups in total. The number of hydrogen-bond acceptors (Lipinski definition) is 3. The van der Waals surface area contributed by atoms with E-state index >= 15 is 0 Å². The van der Waals surface area contributed by atoms with Crippen molar-refractivity contribution in [3.63, 3.8) is 0 Å². The summed E-state index contributed by atoms with van der Waals surface area (Å²) in [6.45, 7) is 2.66. The minimum Gasteiger partial charge on any atom is -0.471 e. The minimum atomic E-state index is 0.553. The van der Waals surface area contributed by atoms with E-state index in [4.69, 9.17) is 4.74 Å². The lowest BCUT2D eigenvalue weighted by atomic mass is 10.1. The molecule has 0 atom stereocenters. The Morgan fingerprint density at radius 2 is 2.26 bits per heavy atom. The van der Waals surface area contributed by atoms with E-state index in [1.165, 1.54) is 14.0 Å². The van der Waals surface area contributed by atoms with Crippen LogP contribution in [0.15, 0.2) is 46.4 Å². The van der Waals surface area contributed by atoms with Crippen molar-refractivity contribution in [1.29, 1.82) is 0 Å². The van der Waals surface area contributed by atoms with Crippen molar-refractivity contribution in [3.05, 3.63) is 61.0 Å². The summed E-state index contributed by atoms with van der Waals surface area (Å²) < 4.78 is 6.91. The molecule has 19 heavy (non-hydrogen) atoms. The lowest BCUT2D eigenvalue weighted by molar-refractivity contribution is 0.365. The number of aryl methyl sites for hydroxylation is 1. The van der Waals surface area contributed by atoms with Gasteiger partial charge in [0, 0.05) is 14.0 Å². The Labute approximate surface area is 130 Å². The third kappa shape index (κ3) is 2.90. The monoisotopic (exact) mass is 381 g/mol. The molecule has 0 unspecified atom stereocenters. The number of benzene rings is 1. The molecule has 0 fully saturated rings. The fourth-order valence-electron chi connectivity index (χ4n) is 1.82. The molecular weight excluding hydrogens is 369 g/mol. The summed E-state index contributed by atoms with van der Waals surface area (Å²) in [5.74, 6) is 0.723. The molecule has 1 aliphatic heterocycles. The van der Waals surface area contributed by atoms with Crippen LogP contribution in [0.1, 0.15) is 16.0 Å². The van der Waals surface area contributed by atoms with Crippen molar-refractivity contribution in [1.82, 2.24) is 0 Å². The summed E-state index contributed by atoms with van der Waals surface area (Å²) in [6, 6.07) is 10.4. The van der Waals surface area contributed by atoms with E-state index in [0.29, 0.717) is 6.61 Å². The molecule has 96 valence electrons. The van der Waals surface area contributed by atoms with Crippen LogP contribution in [0.2, 0.25) is 0 Å². The SMILES string of the molecule is Cc1ccc(C2=N/C(=C\c3cccs3)CO2)cc1I. The number of ether oxygens (including phenoxy) is 1. The molecule has 0 aliphatic carbocycles. The van der Waals surface area contributed by atoms with Crippen LogP contribution in [0.25, 0.3) is 6.08 Å². The van der Waals surface area contributed by atoms with Crippen LogP contribution in [0, 0.1) is 10.5 Å². The smallest absolute Gasteiger partial charge is 0.221 e. The van der Waals surface area contributed by atoms with Crippen LogP contribution in [-0.2, 0) is 4.74 Å². The van der Waals surface area contributed by atoms with Crippen molar-refractivity contribution < 1.29 is 4.74 Å². The summed E-state index contributed by atoms with van der Waals surface area (Å²) in [7, 11) is 0. The van der Waals surface area contributed by atoms with Crippen molar-refractivity contribution in [2.24, 2.45) is 4.99 Å². The standard InChI is InChI=1S/C15H12INOS/c1-10-4-5-11(7-14(10)16)15-17-12(9-18-15)8-13-3-2-6-19-13/h2-8H,9H2,1H3/b12-8-. The maximum absolute atomic E-state index is 5.68. The maximum Gasteiger partial charge on any atom is 0.221 e. The van der Waals surface area contributed by atoms with Gasteiger partial charge < -0.3 is 4.74 Å². The Kier molecular flexibility index (Phi) is 3.70. The second-order valence-electron chi connectivity index (χ2n) is 4.32. The molecule has 2 aromatic rings. The van der Waals surface area contributed by atoms with Crippen molar-refractivity contribution in [3.8, 4) is 0 Å². The largest absolute Gasteiger partial charge is 0.471 e. The molecule has 0 amide bonds. The fraction of sp³-hybridized carbons (Fsp3) is 0.133. The predicted molar refractivity (Wildman–Crippen MR) is 88.7 cm³/mol. The first-order valence-corrected chi connectivity index (χ1v) is 7.90. The van der Waals surface area contributed by atoms with Gasteiger partial charge in [0.05, 0.1) is 5.70 Å². The van der Waals surface area contributed by atoms with Crippen LogP contribution < -0.4 is 0 Å². The second-order valence-corrected chi connectivity index (χ2v) is 6.46. The number of aliphatic imine (C=N–C) groups is 1. The maximum atomic E-state index is 5.68. The second kappa shape index (κ2) is 5.46. The van der Waals surface area contributed by atoms with Gasteiger partial charge in [-0.15, -0.1) is 11.3 Å². The van der Waals surface area contributed by atoms with E-state index in [0.717, 1.165) is 17.2 Å². The summed E-state index contributed by atoms with van der Waals surface area (Å²) in [5.41, 5.74) is 3.30. The summed E-state index contributed by atoms with van der Waals surface area (Å²) in [6.07, 6.45) is 2.08. The molecule has 1 aliphatic rings. The van der Waals surface area contributed by atoms with E-state index < -0.39 is 0 Å². The topological polar surface area (TPSA) is 21.6 Å². The average molecular weight is 381 g/mol. The summed E-state index contributed by atoms with van der Waals surface area (Å²) >= 11 is 4.04. The van der Waals surface area contributed by atoms with Gasteiger partial charge in [-0.2, -0.15) is 0 Å². The highest BCUT2D eigenvalue weighted by Crippen LogP contribution is 2.21. The van der Waals surface area contributed by atoms with Gasteiger partial charge in [0.25, 0.3) is 0 Å². The minimum absolute atomic E-state index is 0.553. The highest BCUT2D eigenvalue weighted by molar-refractivity contribution is 14.1. The Hall–Kier alpha value is -1.14. The highest BCUT2D eigenvalue weighted by Gasteiger charge is 2.15. The zero-order valence-corrected chi connectivity index (χ0v) is 13.4. The number of hydrogen-bond donors (Lipinski definition) is 0. The first kappa shape index (κ1) is 12.9. The summed E-state index contributed by atoms with van der Waals surface area (Å²) in [5, 5.41) is 2.06. The van der Waals surface area contributed by atoms with E-state index in [1.54, 1.807) is 11.3 Å². The zero-order chi connectivity index (χ0) is 13.2. The van der Waals surface area contributed by atoms with Crippen LogP contribution in [0.5, 0.6) is 0 Å². The van der Waals surface area contributed by atoms with E-state index in [1.807, 2.05) is 6.07 Å². The quantitative estimate of drug-likeness (QED) is 0.703. The molecule has 4 heteroatoms. The van der Waals surface area contributed by atoms with Gasteiger partial charge in [-0.05, 0) is 64.7 Å². The number of nitrogens with zero attached hydrogens (tertiary/aromatic N) is 1. The average Bonchev–Trinajstić information content (AvgIpc) is 3.05. The fourth-order valence-corrected chi connectivity index (χ4v) is 3.01. The molecule has 2 heterocycles. The van der Waals surface area contributed by atoms with E-state index in [2.05, 4.69) is 70.2 Å². The molecule has 1 aromatic carbocycles. The van der Waals surface area contributed by atoms with Gasteiger partial charge in [-0.25, -0.2) is 4.99 Å². The summed E-state index contributed by atoms with van der Waals surface area (Å²) in [4.78, 5) is 5.77. The van der Waals surface area contributed by atoms with Gasteiger partial charge >= 0.3 is 0 Å². The first-order chi connectivity index (χ1) is 9.22. The third-order valence-electron chi connectivity index (χ3n) is 2.87. The molecule has 1 aromatic heterocycles. The Morgan fingerprint density at radius 3 is 3.00 bits per heavy atom. The Balaban J connectivity index is 1.88. The van der Waals surface area contributed by atoms with Crippen molar-refractivity contribution in [2.45, 2.75) is 6.92 Å². The van der Waals surface area contributed by atoms with Crippen LogP contribution in [-0.4, -0.2) is 12.5 Å². The molecular formula is C15H12INOS. The molecule has 0 radical (unpaired) electrons. The Bertz CT molecular complexity index is 659. The zero-order valence-electron chi connectivity index (χ0n) is 10.4. The van der Waals surface area contributed by atoms with Gasteiger partial charge in [0.2, 0.25) is 5.90 Å². The predicted octanol–water partition coefficient (Wildman–Crippen LogP) is 4.48. The van der Waals surface area contributed by atoms with Crippen LogP contribution in [0.4, 0.5) is 0 Å². The van der Waals surface area contributed by atoms with Gasteiger partial charge in [-0.1, -0.05) is 12.1 Å². The number of halogens is 1. The van der Waals surface area contributed by atoms with Crippen LogP contribution in [0.3, 0.4) is 0 Å². The third-order valence-corrected chi connectivity index (χ3v) is 4.85. The first-order valence-electron chi connectivity index (χ1n) is 5.94. The van der Waals surface area contributed by atoms with E-state index in [-0.39, 0.29) is 0 Å². The van der Waals surface area contributed by atoms with Gasteiger partial charge in [0.15, 0.2) is 0 Å². The highest BCUT2D eigenvalue weighted by atomic mass is 127. The van der Waals surface area contributed by atoms with E-state index in [9.17, 15) is 0 Å². The van der Waals surface area contributed by atoms with Crippen molar-refractivity contribution in [2.75, 3.05) is 6.61 Å². The number of rotatable bonds is 2. The van der Waals surface area contributed by atoms with Crippen molar-refractivity contribution >= 4 is 45.9 Å². The normalized spacial score (nSPS) is 16.5. The molecule has 2 nitrogen and oxygen atoms in total. The molecule has 0 bridgehead atoms. The Morgan fingerprint density at radius 1 is 1.37 bits per heavy atom. The molecule has 0 saturated heterocycles. The van der Waals surface area contributed by atoms with Gasteiger partial charge in [0.1, 0.15) is 6.61 Å². The van der Waals surface area contributed by atoms with Crippen LogP contribution >= 0.6 is 33.9 Å². The lowest BCUT2D eigenvalue weighted by Crippen LogP contribution is -2.01. The molecule has 0 spiro atoms. The van der Waals surface area contributed by atoms with Gasteiger partial charge in [-0.3, -0.25) is 0 Å². The lowest BCUT2D eigenvalue weighted by Gasteiger charge is -2.03.